The van der Waals surface area contributed by atoms with Crippen molar-refractivity contribution in [3.63, 3.8) is 0 Å². The molecule has 0 bridgehead atoms. The first kappa shape index (κ1) is 15.2. The zero-order valence-corrected chi connectivity index (χ0v) is 13.5. The first-order valence-electron chi connectivity index (χ1n) is 7.20. The van der Waals surface area contributed by atoms with Crippen molar-refractivity contribution in [1.29, 1.82) is 0 Å². The second kappa shape index (κ2) is 5.83. The molecule has 22 heavy (non-hydrogen) atoms. The van der Waals surface area contributed by atoms with Crippen molar-refractivity contribution < 1.29 is 13.2 Å². The highest BCUT2D eigenvalue weighted by Gasteiger charge is 2.56. The van der Waals surface area contributed by atoms with E-state index in [0.717, 1.165) is 11.1 Å². The molecule has 1 saturated heterocycles. The summed E-state index contributed by atoms with van der Waals surface area (Å²) in [6.07, 6.45) is 0. The van der Waals surface area contributed by atoms with Crippen molar-refractivity contribution in [3.8, 4) is 0 Å². The van der Waals surface area contributed by atoms with Crippen molar-refractivity contribution >= 4 is 10.0 Å². The zero-order chi connectivity index (χ0) is 15.7. The van der Waals surface area contributed by atoms with Crippen LogP contribution in [0.1, 0.15) is 17.2 Å². The van der Waals surface area contributed by atoms with Gasteiger partial charge in [-0.1, -0.05) is 48.0 Å². The van der Waals surface area contributed by atoms with E-state index in [2.05, 4.69) is 0 Å². The molecule has 0 radical (unpaired) electrons. The third kappa shape index (κ3) is 2.67. The highest BCUT2D eigenvalue weighted by molar-refractivity contribution is 7.89. The minimum atomic E-state index is -3.50. The Labute approximate surface area is 131 Å². The number of aryl methyl sites for hydroxylation is 1. The summed E-state index contributed by atoms with van der Waals surface area (Å²) in [4.78, 5) is 0.331. The van der Waals surface area contributed by atoms with Gasteiger partial charge in [0.05, 0.1) is 23.6 Å². The normalized spacial score (nSPS) is 24.2. The summed E-state index contributed by atoms with van der Waals surface area (Å²) in [7, 11) is -1.90. The second-order valence-electron chi connectivity index (χ2n) is 5.53. The Kier molecular flexibility index (Phi) is 4.04. The summed E-state index contributed by atoms with van der Waals surface area (Å²) in [5.41, 5.74) is 2.04. The fourth-order valence-corrected chi connectivity index (χ4v) is 4.53. The molecule has 2 aromatic rings. The Morgan fingerprint density at radius 3 is 2.27 bits per heavy atom. The predicted molar refractivity (Wildman–Crippen MR) is 85.1 cm³/mol. The van der Waals surface area contributed by atoms with Gasteiger partial charge in [-0.15, -0.1) is 0 Å². The molecule has 1 aliphatic rings. The van der Waals surface area contributed by atoms with Gasteiger partial charge in [-0.2, -0.15) is 4.31 Å². The zero-order valence-electron chi connectivity index (χ0n) is 12.6. The van der Waals surface area contributed by atoms with Crippen molar-refractivity contribution in [1.82, 2.24) is 4.31 Å². The van der Waals surface area contributed by atoms with Gasteiger partial charge in [-0.05, 0) is 24.6 Å². The van der Waals surface area contributed by atoms with Crippen LogP contribution < -0.4 is 0 Å². The minimum absolute atomic E-state index is 0.140. The highest BCUT2D eigenvalue weighted by atomic mass is 32.2. The van der Waals surface area contributed by atoms with Crippen LogP contribution in [-0.2, 0) is 14.8 Å². The van der Waals surface area contributed by atoms with Crippen LogP contribution in [-0.4, -0.2) is 32.5 Å². The summed E-state index contributed by atoms with van der Waals surface area (Å²) in [5, 5.41) is 0. The summed E-state index contributed by atoms with van der Waals surface area (Å²) in [6.45, 7) is 2.33. The Bertz CT molecular complexity index is 741. The van der Waals surface area contributed by atoms with Crippen LogP contribution >= 0.6 is 0 Å². The van der Waals surface area contributed by atoms with Crippen LogP contribution in [0, 0.1) is 6.92 Å². The van der Waals surface area contributed by atoms with Gasteiger partial charge in [0.15, 0.2) is 0 Å². The lowest BCUT2D eigenvalue weighted by molar-refractivity contribution is 0.194. The predicted octanol–water partition coefficient (Wildman–Crippen LogP) is 2.76. The van der Waals surface area contributed by atoms with Gasteiger partial charge >= 0.3 is 0 Å². The molecule has 1 aliphatic heterocycles. The van der Waals surface area contributed by atoms with Crippen molar-refractivity contribution in [2.45, 2.75) is 23.9 Å². The molecule has 1 fully saturated rings. The SMILES string of the molecule is COCC1C(c2ccccc2)N1S(=O)(=O)c1ccc(C)cc1. The maximum absolute atomic E-state index is 12.8. The second-order valence-corrected chi connectivity index (χ2v) is 7.37. The Hall–Kier alpha value is -1.69. The van der Waals surface area contributed by atoms with Gasteiger partial charge < -0.3 is 4.74 Å². The molecule has 3 unspecified atom stereocenters. The summed E-state index contributed by atoms with van der Waals surface area (Å²) >= 11 is 0. The topological polar surface area (TPSA) is 46.4 Å². The average molecular weight is 317 g/mol. The van der Waals surface area contributed by atoms with Crippen molar-refractivity contribution in [2.24, 2.45) is 0 Å². The van der Waals surface area contributed by atoms with E-state index in [0.29, 0.717) is 11.5 Å². The van der Waals surface area contributed by atoms with Crippen LogP contribution in [0.5, 0.6) is 0 Å². The largest absolute Gasteiger partial charge is 0.383 e. The number of methoxy groups -OCH3 is 1. The maximum atomic E-state index is 12.8. The number of benzene rings is 2. The maximum Gasteiger partial charge on any atom is 0.244 e. The molecule has 2 aromatic carbocycles. The van der Waals surface area contributed by atoms with Gasteiger partial charge in [-0.25, -0.2) is 8.42 Å². The fraction of sp³-hybridized carbons (Fsp3) is 0.294. The fourth-order valence-electron chi connectivity index (χ4n) is 2.77. The van der Waals surface area contributed by atoms with E-state index in [1.54, 1.807) is 19.2 Å². The first-order chi connectivity index (χ1) is 10.6. The molecule has 1 heterocycles. The lowest BCUT2D eigenvalue weighted by atomic mass is 10.1. The van der Waals surface area contributed by atoms with Gasteiger partial charge in [0.2, 0.25) is 10.0 Å². The lowest BCUT2D eigenvalue weighted by Gasteiger charge is -2.07. The first-order valence-corrected chi connectivity index (χ1v) is 8.64. The molecule has 0 saturated carbocycles. The molecule has 0 aliphatic carbocycles. The van der Waals surface area contributed by atoms with Gasteiger partial charge in [0, 0.05) is 7.11 Å². The summed E-state index contributed by atoms with van der Waals surface area (Å²) in [6, 6.07) is 16.4. The van der Waals surface area contributed by atoms with Crippen LogP contribution in [0.4, 0.5) is 0 Å². The van der Waals surface area contributed by atoms with Crippen LogP contribution in [0.25, 0.3) is 0 Å². The standard InChI is InChI=1S/C17H19NO3S/c1-13-8-10-15(11-9-13)22(19,20)18-16(12-21-2)17(18)14-6-4-3-5-7-14/h3-11,16-17H,12H2,1-2H3. The van der Waals surface area contributed by atoms with Gasteiger partial charge in [-0.3, -0.25) is 0 Å². The van der Waals surface area contributed by atoms with Crippen LogP contribution in [0.2, 0.25) is 0 Å². The monoisotopic (exact) mass is 317 g/mol. The average Bonchev–Trinajstić information content (AvgIpc) is 3.24. The summed E-state index contributed by atoms with van der Waals surface area (Å²) < 4.78 is 32.4. The number of hydrogen-bond donors (Lipinski definition) is 0. The minimum Gasteiger partial charge on any atom is -0.383 e. The van der Waals surface area contributed by atoms with Gasteiger partial charge in [0.1, 0.15) is 0 Å². The van der Waals surface area contributed by atoms with Crippen molar-refractivity contribution in [3.05, 3.63) is 65.7 Å². The highest BCUT2D eigenvalue weighted by Crippen LogP contribution is 2.47. The van der Waals surface area contributed by atoms with Gasteiger partial charge in [0.25, 0.3) is 0 Å². The molecule has 3 atom stereocenters. The van der Waals surface area contributed by atoms with Crippen molar-refractivity contribution in [2.75, 3.05) is 13.7 Å². The number of ether oxygens (including phenoxy) is 1. The molecule has 4 nitrogen and oxygen atoms in total. The smallest absolute Gasteiger partial charge is 0.244 e. The molecular weight excluding hydrogens is 298 g/mol. The summed E-state index contributed by atoms with van der Waals surface area (Å²) in [5.74, 6) is 0. The Balaban J connectivity index is 1.93. The van der Waals surface area contributed by atoms with E-state index in [1.807, 2.05) is 49.4 Å². The third-order valence-corrected chi connectivity index (χ3v) is 5.87. The molecule has 5 heteroatoms. The molecule has 116 valence electrons. The molecule has 0 spiro atoms. The molecular formula is C17H19NO3S. The molecule has 3 rings (SSSR count). The van der Waals surface area contributed by atoms with E-state index in [4.69, 9.17) is 4.74 Å². The third-order valence-electron chi connectivity index (χ3n) is 3.95. The number of sulfonamides is 1. The number of rotatable bonds is 5. The van der Waals surface area contributed by atoms with Crippen LogP contribution in [0.15, 0.2) is 59.5 Å². The number of nitrogens with zero attached hydrogens (tertiary/aromatic N) is 1. The van der Waals surface area contributed by atoms with E-state index in [1.165, 1.54) is 4.31 Å². The molecule has 0 amide bonds. The van der Waals surface area contributed by atoms with Crippen LogP contribution in [0.3, 0.4) is 0 Å². The lowest BCUT2D eigenvalue weighted by Crippen LogP contribution is -2.16. The van der Waals surface area contributed by atoms with E-state index >= 15 is 0 Å². The van der Waals surface area contributed by atoms with E-state index < -0.39 is 10.0 Å². The Morgan fingerprint density at radius 1 is 1.05 bits per heavy atom. The Morgan fingerprint density at radius 2 is 1.68 bits per heavy atom. The van der Waals surface area contributed by atoms with E-state index in [-0.39, 0.29) is 12.1 Å². The van der Waals surface area contributed by atoms with E-state index in [9.17, 15) is 8.42 Å². The quantitative estimate of drug-likeness (QED) is 0.797. The number of hydrogen-bond acceptors (Lipinski definition) is 3. The molecule has 0 aromatic heterocycles. The molecule has 0 N–H and O–H groups in total.